The number of methoxy groups -OCH3 is 1. The molecule has 0 aliphatic carbocycles. The van der Waals surface area contributed by atoms with Gasteiger partial charge in [-0.3, -0.25) is 9.59 Å². The third-order valence-corrected chi connectivity index (χ3v) is 5.48. The Morgan fingerprint density at radius 1 is 1.00 bits per heavy atom. The summed E-state index contributed by atoms with van der Waals surface area (Å²) in [7, 11) is 1.50. The van der Waals surface area contributed by atoms with E-state index in [1.54, 1.807) is 47.4 Å². The molecule has 2 aromatic carbocycles. The van der Waals surface area contributed by atoms with Gasteiger partial charge in [0.05, 0.1) is 18.4 Å². The molecule has 1 aliphatic heterocycles. The Balaban J connectivity index is 1.87. The van der Waals surface area contributed by atoms with Crippen molar-refractivity contribution in [2.75, 3.05) is 43.5 Å². The first kappa shape index (κ1) is 24.1. The molecule has 0 saturated carbocycles. The molecule has 0 bridgehead atoms. The molecule has 182 valence electrons. The summed E-state index contributed by atoms with van der Waals surface area (Å²) in [6.07, 6.45) is -4.96. The van der Waals surface area contributed by atoms with Crippen molar-refractivity contribution in [3.63, 3.8) is 0 Å². The number of anilines is 2. The van der Waals surface area contributed by atoms with Gasteiger partial charge in [0, 0.05) is 37.4 Å². The smallest absolute Gasteiger partial charge is 0.436 e. The quantitative estimate of drug-likeness (QED) is 0.517. The molecule has 1 saturated heterocycles. The average Bonchev–Trinajstić information content (AvgIpc) is 2.88. The number of ketones is 1. The van der Waals surface area contributed by atoms with Gasteiger partial charge in [-0.15, -0.1) is 10.2 Å². The maximum atomic E-state index is 14.0. The number of nitrogens with one attached hydrogen (secondary N) is 2. The number of alkyl halides is 3. The number of amides is 1. The minimum atomic E-state index is -4.96. The largest absolute Gasteiger partial charge is 0.497 e. The number of aromatic nitrogens is 2. The van der Waals surface area contributed by atoms with Gasteiger partial charge in [0.25, 0.3) is 5.91 Å². The molecule has 1 aliphatic rings. The number of hydrogen-bond donors (Lipinski definition) is 2. The Labute approximate surface area is 199 Å². The van der Waals surface area contributed by atoms with Crippen molar-refractivity contribution in [2.45, 2.75) is 6.18 Å². The molecule has 1 amide bonds. The van der Waals surface area contributed by atoms with Crippen molar-refractivity contribution < 1.29 is 27.5 Å². The fraction of sp³-hybridized carbons (Fsp3) is 0.250. The van der Waals surface area contributed by atoms with Crippen LogP contribution in [0.4, 0.5) is 24.5 Å². The van der Waals surface area contributed by atoms with E-state index in [0.29, 0.717) is 24.5 Å². The third-order valence-electron chi connectivity index (χ3n) is 5.48. The number of rotatable bonds is 6. The number of hydrogen-bond acceptors (Lipinski definition) is 7. The molecule has 35 heavy (non-hydrogen) atoms. The van der Waals surface area contributed by atoms with Crippen LogP contribution in [0.3, 0.4) is 0 Å². The van der Waals surface area contributed by atoms with Crippen molar-refractivity contribution in [3.05, 3.63) is 77.1 Å². The van der Waals surface area contributed by atoms with Gasteiger partial charge < -0.3 is 20.3 Å². The number of benzene rings is 2. The van der Waals surface area contributed by atoms with Gasteiger partial charge in [-0.05, 0) is 24.3 Å². The van der Waals surface area contributed by atoms with E-state index in [1.807, 2.05) is 0 Å². The van der Waals surface area contributed by atoms with Gasteiger partial charge in [-0.25, -0.2) is 0 Å². The monoisotopic (exact) mass is 485 g/mol. The van der Waals surface area contributed by atoms with Crippen LogP contribution in [0.15, 0.2) is 54.6 Å². The number of ether oxygens (including phenoxy) is 1. The molecular weight excluding hydrogens is 463 g/mol. The topological polar surface area (TPSA) is 96.5 Å². The number of piperazine rings is 1. The van der Waals surface area contributed by atoms with E-state index in [2.05, 4.69) is 20.8 Å². The van der Waals surface area contributed by atoms with Crippen molar-refractivity contribution in [2.24, 2.45) is 0 Å². The first-order chi connectivity index (χ1) is 16.8. The number of carbonyl (C=O) groups excluding carboxylic acids is 2. The minimum absolute atomic E-state index is 0.0453. The molecule has 4 rings (SSSR count). The first-order valence-electron chi connectivity index (χ1n) is 10.8. The Bertz CT molecular complexity index is 1210. The van der Waals surface area contributed by atoms with Gasteiger partial charge in [-0.1, -0.05) is 30.3 Å². The van der Waals surface area contributed by atoms with Crippen LogP contribution in [0.2, 0.25) is 0 Å². The number of carbonyl (C=O) groups is 2. The van der Waals surface area contributed by atoms with E-state index in [0.717, 1.165) is 0 Å². The minimum Gasteiger partial charge on any atom is -0.497 e. The molecule has 0 spiro atoms. The zero-order valence-corrected chi connectivity index (χ0v) is 18.7. The lowest BCUT2D eigenvalue weighted by Gasteiger charge is -2.32. The van der Waals surface area contributed by atoms with E-state index in [1.165, 1.54) is 19.2 Å². The SMILES string of the molecule is COc1ccc(NC(=O)c2nnc(C(F)(F)F)c(C(=O)c3ccccc3)c2N2CCNCC2)cc1. The van der Waals surface area contributed by atoms with Crippen LogP contribution >= 0.6 is 0 Å². The van der Waals surface area contributed by atoms with E-state index in [4.69, 9.17) is 4.74 Å². The van der Waals surface area contributed by atoms with Crippen LogP contribution in [0.25, 0.3) is 0 Å². The van der Waals surface area contributed by atoms with Gasteiger partial charge >= 0.3 is 6.18 Å². The Morgan fingerprint density at radius 2 is 1.66 bits per heavy atom. The lowest BCUT2D eigenvalue weighted by molar-refractivity contribution is -0.142. The fourth-order valence-electron chi connectivity index (χ4n) is 3.79. The summed E-state index contributed by atoms with van der Waals surface area (Å²) in [6, 6.07) is 14.0. The molecular formula is C24H22F3N5O3. The average molecular weight is 485 g/mol. The van der Waals surface area contributed by atoms with Crippen LogP contribution < -0.4 is 20.3 Å². The highest BCUT2D eigenvalue weighted by Gasteiger charge is 2.42. The summed E-state index contributed by atoms with van der Waals surface area (Å²) in [4.78, 5) is 28.2. The molecule has 11 heteroatoms. The second-order valence-electron chi connectivity index (χ2n) is 7.73. The third kappa shape index (κ3) is 5.24. The first-order valence-corrected chi connectivity index (χ1v) is 10.8. The highest BCUT2D eigenvalue weighted by atomic mass is 19.4. The summed E-state index contributed by atoms with van der Waals surface area (Å²) >= 11 is 0. The van der Waals surface area contributed by atoms with E-state index in [9.17, 15) is 22.8 Å². The number of nitrogens with zero attached hydrogens (tertiary/aromatic N) is 3. The molecule has 2 heterocycles. The summed E-state index contributed by atoms with van der Waals surface area (Å²) in [5, 5.41) is 12.7. The lowest BCUT2D eigenvalue weighted by Crippen LogP contribution is -2.45. The van der Waals surface area contributed by atoms with Crippen LogP contribution in [-0.2, 0) is 6.18 Å². The van der Waals surface area contributed by atoms with Crippen molar-refractivity contribution in [1.82, 2.24) is 15.5 Å². The van der Waals surface area contributed by atoms with E-state index in [-0.39, 0.29) is 30.0 Å². The molecule has 0 atom stereocenters. The molecule has 1 fully saturated rings. The predicted molar refractivity (Wildman–Crippen MR) is 123 cm³/mol. The van der Waals surface area contributed by atoms with Crippen molar-refractivity contribution in [1.29, 1.82) is 0 Å². The van der Waals surface area contributed by atoms with Crippen LogP contribution in [0, 0.1) is 0 Å². The van der Waals surface area contributed by atoms with Crippen LogP contribution in [0.1, 0.15) is 32.1 Å². The standard InChI is InChI=1S/C24H22F3N5O3/c1-35-17-9-7-16(8-10-17)29-23(34)19-20(32-13-11-28-12-14-32)18(22(31-30-19)24(25,26)27)21(33)15-5-3-2-4-6-15/h2-10,28H,11-14H2,1H3,(H,29,34). The lowest BCUT2D eigenvalue weighted by atomic mass is 9.97. The molecule has 3 aromatic rings. The molecule has 2 N–H and O–H groups in total. The van der Waals surface area contributed by atoms with Gasteiger partial charge in [0.15, 0.2) is 17.2 Å². The second-order valence-corrected chi connectivity index (χ2v) is 7.73. The Hall–Kier alpha value is -3.99. The van der Waals surface area contributed by atoms with Gasteiger partial charge in [-0.2, -0.15) is 13.2 Å². The normalized spacial score (nSPS) is 13.9. The van der Waals surface area contributed by atoms with E-state index < -0.39 is 29.1 Å². The van der Waals surface area contributed by atoms with Crippen molar-refractivity contribution >= 4 is 23.1 Å². The Kier molecular flexibility index (Phi) is 6.97. The summed E-state index contributed by atoms with van der Waals surface area (Å²) in [5.41, 5.74) is -2.26. The maximum Gasteiger partial charge on any atom is 0.436 e. The summed E-state index contributed by atoms with van der Waals surface area (Å²) in [5.74, 6) is -1.11. The zero-order chi connectivity index (χ0) is 25.0. The molecule has 8 nitrogen and oxygen atoms in total. The van der Waals surface area contributed by atoms with Gasteiger partial charge in [0.2, 0.25) is 0 Å². The summed E-state index contributed by atoms with van der Waals surface area (Å²) < 4.78 is 47.2. The van der Waals surface area contributed by atoms with E-state index >= 15 is 0 Å². The van der Waals surface area contributed by atoms with Gasteiger partial charge in [0.1, 0.15) is 5.75 Å². The van der Waals surface area contributed by atoms with Crippen LogP contribution in [-0.4, -0.2) is 55.2 Å². The van der Waals surface area contributed by atoms with Crippen molar-refractivity contribution in [3.8, 4) is 5.75 Å². The predicted octanol–water partition coefficient (Wildman–Crippen LogP) is 3.40. The summed E-state index contributed by atoms with van der Waals surface area (Å²) in [6.45, 7) is 1.48. The Morgan fingerprint density at radius 3 is 2.26 bits per heavy atom. The highest BCUT2D eigenvalue weighted by Crippen LogP contribution is 2.37. The maximum absolute atomic E-state index is 14.0. The number of halogens is 3. The highest BCUT2D eigenvalue weighted by molar-refractivity contribution is 6.17. The fourth-order valence-corrected chi connectivity index (χ4v) is 3.79. The zero-order valence-electron chi connectivity index (χ0n) is 18.7. The second kappa shape index (κ2) is 10.1. The molecule has 1 aromatic heterocycles. The molecule has 0 radical (unpaired) electrons. The molecule has 0 unspecified atom stereocenters. The van der Waals surface area contributed by atoms with Crippen LogP contribution in [0.5, 0.6) is 5.75 Å².